The Bertz CT molecular complexity index is 498. The van der Waals surface area contributed by atoms with E-state index in [0.29, 0.717) is 29.6 Å². The van der Waals surface area contributed by atoms with Crippen LogP contribution in [0.3, 0.4) is 0 Å². The Morgan fingerprint density at radius 3 is 3.00 bits per heavy atom. The third-order valence-electron chi connectivity index (χ3n) is 2.23. The van der Waals surface area contributed by atoms with Gasteiger partial charge in [0.2, 0.25) is 5.82 Å². The second-order valence-corrected chi connectivity index (χ2v) is 3.56. The average Bonchev–Trinajstić information content (AvgIpc) is 2.78. The van der Waals surface area contributed by atoms with Crippen molar-refractivity contribution in [2.45, 2.75) is 20.0 Å². The SMILES string of the molecule is CCOC(C)c1noc(-c2cncc(N)c2)n1. The Labute approximate surface area is 98.8 Å². The first kappa shape index (κ1) is 11.5. The summed E-state index contributed by atoms with van der Waals surface area (Å²) in [6.45, 7) is 4.39. The van der Waals surface area contributed by atoms with Crippen LogP contribution in [0.5, 0.6) is 0 Å². The fourth-order valence-electron chi connectivity index (χ4n) is 1.42. The Morgan fingerprint density at radius 2 is 2.29 bits per heavy atom. The van der Waals surface area contributed by atoms with Crippen molar-refractivity contribution in [2.75, 3.05) is 12.3 Å². The standard InChI is InChI=1S/C11H14N4O2/c1-3-16-7(2)10-14-11(17-15-10)8-4-9(12)6-13-5-8/h4-7H,3,12H2,1-2H3. The van der Waals surface area contributed by atoms with E-state index >= 15 is 0 Å². The van der Waals surface area contributed by atoms with Crippen LogP contribution in [0, 0.1) is 0 Å². The van der Waals surface area contributed by atoms with Crippen molar-refractivity contribution in [1.29, 1.82) is 0 Å². The fraction of sp³-hybridized carbons (Fsp3) is 0.364. The maximum atomic E-state index is 5.63. The number of nitrogen functional groups attached to an aromatic ring is 1. The van der Waals surface area contributed by atoms with Gasteiger partial charge in [0, 0.05) is 19.0 Å². The first-order valence-electron chi connectivity index (χ1n) is 5.36. The Kier molecular flexibility index (Phi) is 3.34. The van der Waals surface area contributed by atoms with Crippen molar-refractivity contribution in [3.8, 4) is 11.5 Å². The maximum absolute atomic E-state index is 5.63. The van der Waals surface area contributed by atoms with E-state index in [2.05, 4.69) is 15.1 Å². The summed E-state index contributed by atoms with van der Waals surface area (Å²) in [5, 5.41) is 3.86. The smallest absolute Gasteiger partial charge is 0.259 e. The molecule has 2 N–H and O–H groups in total. The zero-order valence-corrected chi connectivity index (χ0v) is 9.75. The minimum atomic E-state index is -0.188. The van der Waals surface area contributed by atoms with Crippen LogP contribution in [0.25, 0.3) is 11.5 Å². The van der Waals surface area contributed by atoms with Crippen LogP contribution in [0.1, 0.15) is 25.8 Å². The molecule has 0 spiro atoms. The van der Waals surface area contributed by atoms with Gasteiger partial charge in [-0.1, -0.05) is 5.16 Å². The first-order chi connectivity index (χ1) is 8.20. The predicted molar refractivity (Wildman–Crippen MR) is 62.0 cm³/mol. The molecule has 6 nitrogen and oxygen atoms in total. The van der Waals surface area contributed by atoms with E-state index in [0.717, 1.165) is 0 Å². The number of rotatable bonds is 4. The molecule has 0 aliphatic rings. The highest BCUT2D eigenvalue weighted by molar-refractivity contribution is 5.57. The van der Waals surface area contributed by atoms with Gasteiger partial charge in [0.25, 0.3) is 5.89 Å². The Hall–Kier alpha value is -1.95. The van der Waals surface area contributed by atoms with Gasteiger partial charge in [-0.2, -0.15) is 4.98 Å². The molecule has 6 heteroatoms. The van der Waals surface area contributed by atoms with Gasteiger partial charge in [-0.25, -0.2) is 0 Å². The number of hydrogen-bond acceptors (Lipinski definition) is 6. The molecule has 0 bridgehead atoms. The lowest BCUT2D eigenvalue weighted by Gasteiger charge is -2.04. The number of hydrogen-bond donors (Lipinski definition) is 1. The van der Waals surface area contributed by atoms with Crippen LogP contribution < -0.4 is 5.73 Å². The number of pyridine rings is 1. The van der Waals surface area contributed by atoms with Crippen molar-refractivity contribution in [1.82, 2.24) is 15.1 Å². The topological polar surface area (TPSA) is 87.1 Å². The van der Waals surface area contributed by atoms with E-state index in [1.807, 2.05) is 13.8 Å². The van der Waals surface area contributed by atoms with E-state index < -0.39 is 0 Å². The number of nitrogens with zero attached hydrogens (tertiary/aromatic N) is 3. The molecular weight excluding hydrogens is 220 g/mol. The number of aromatic nitrogens is 3. The van der Waals surface area contributed by atoms with Crippen molar-refractivity contribution >= 4 is 5.69 Å². The summed E-state index contributed by atoms with van der Waals surface area (Å²) in [4.78, 5) is 8.21. The molecule has 0 saturated carbocycles. The van der Waals surface area contributed by atoms with E-state index in [4.69, 9.17) is 15.0 Å². The van der Waals surface area contributed by atoms with Gasteiger partial charge in [-0.05, 0) is 19.9 Å². The molecule has 1 unspecified atom stereocenters. The molecule has 90 valence electrons. The molecule has 0 aliphatic heterocycles. The zero-order chi connectivity index (χ0) is 12.3. The molecule has 2 aromatic heterocycles. The Morgan fingerprint density at radius 1 is 1.47 bits per heavy atom. The van der Waals surface area contributed by atoms with Crippen molar-refractivity contribution in [3.63, 3.8) is 0 Å². The lowest BCUT2D eigenvalue weighted by molar-refractivity contribution is 0.0683. The molecule has 0 aromatic carbocycles. The molecule has 0 radical (unpaired) electrons. The van der Waals surface area contributed by atoms with Crippen LogP contribution >= 0.6 is 0 Å². The van der Waals surface area contributed by atoms with Crippen LogP contribution in [-0.2, 0) is 4.74 Å². The summed E-state index contributed by atoms with van der Waals surface area (Å²) in [6, 6.07) is 1.73. The second-order valence-electron chi connectivity index (χ2n) is 3.56. The number of anilines is 1. The Balaban J connectivity index is 2.23. The lowest BCUT2D eigenvalue weighted by atomic mass is 10.2. The summed E-state index contributed by atoms with van der Waals surface area (Å²) in [5.41, 5.74) is 6.89. The molecule has 1 atom stereocenters. The van der Waals surface area contributed by atoms with Gasteiger partial charge in [0.1, 0.15) is 6.10 Å². The van der Waals surface area contributed by atoms with Crippen LogP contribution in [0.4, 0.5) is 5.69 Å². The van der Waals surface area contributed by atoms with E-state index in [-0.39, 0.29) is 6.10 Å². The molecule has 0 fully saturated rings. The summed E-state index contributed by atoms with van der Waals surface area (Å²) in [7, 11) is 0. The van der Waals surface area contributed by atoms with Crippen LogP contribution in [-0.4, -0.2) is 21.7 Å². The highest BCUT2D eigenvalue weighted by atomic mass is 16.5. The summed E-state index contributed by atoms with van der Waals surface area (Å²) in [5.74, 6) is 0.913. The number of ether oxygens (including phenoxy) is 1. The van der Waals surface area contributed by atoms with E-state index in [1.165, 1.54) is 0 Å². The minimum Gasteiger partial charge on any atom is -0.397 e. The monoisotopic (exact) mass is 234 g/mol. The summed E-state index contributed by atoms with van der Waals surface area (Å²) in [6.07, 6.45) is 2.99. The fourth-order valence-corrected chi connectivity index (χ4v) is 1.42. The van der Waals surface area contributed by atoms with Gasteiger partial charge < -0.3 is 15.0 Å². The molecule has 0 amide bonds. The molecule has 17 heavy (non-hydrogen) atoms. The molecular formula is C11H14N4O2. The lowest BCUT2D eigenvalue weighted by Crippen LogP contribution is -2.01. The highest BCUT2D eigenvalue weighted by Crippen LogP contribution is 2.21. The summed E-state index contributed by atoms with van der Waals surface area (Å²) >= 11 is 0. The molecule has 0 saturated heterocycles. The van der Waals surface area contributed by atoms with Crippen LogP contribution in [0.15, 0.2) is 23.0 Å². The largest absolute Gasteiger partial charge is 0.397 e. The third kappa shape index (κ3) is 2.59. The van der Waals surface area contributed by atoms with Crippen molar-refractivity contribution in [2.24, 2.45) is 0 Å². The highest BCUT2D eigenvalue weighted by Gasteiger charge is 2.15. The average molecular weight is 234 g/mol. The number of nitrogens with two attached hydrogens (primary N) is 1. The molecule has 2 rings (SSSR count). The molecule has 0 aliphatic carbocycles. The van der Waals surface area contributed by atoms with Gasteiger partial charge in [0.05, 0.1) is 11.3 Å². The quantitative estimate of drug-likeness (QED) is 0.868. The first-order valence-corrected chi connectivity index (χ1v) is 5.36. The molecule has 2 heterocycles. The maximum Gasteiger partial charge on any atom is 0.259 e. The zero-order valence-electron chi connectivity index (χ0n) is 9.75. The normalized spacial score (nSPS) is 12.6. The third-order valence-corrected chi connectivity index (χ3v) is 2.23. The van der Waals surface area contributed by atoms with Crippen molar-refractivity contribution in [3.05, 3.63) is 24.3 Å². The predicted octanol–water partition coefficient (Wildman–Crippen LogP) is 1.81. The van der Waals surface area contributed by atoms with Gasteiger partial charge in [0.15, 0.2) is 0 Å². The van der Waals surface area contributed by atoms with Gasteiger partial charge in [-0.15, -0.1) is 0 Å². The molecule has 2 aromatic rings. The second kappa shape index (κ2) is 4.92. The summed E-state index contributed by atoms with van der Waals surface area (Å²) < 4.78 is 10.5. The van der Waals surface area contributed by atoms with Crippen molar-refractivity contribution < 1.29 is 9.26 Å². The van der Waals surface area contributed by atoms with E-state index in [1.54, 1.807) is 18.5 Å². The van der Waals surface area contributed by atoms with Gasteiger partial charge in [-0.3, -0.25) is 4.98 Å². The van der Waals surface area contributed by atoms with E-state index in [9.17, 15) is 0 Å². The van der Waals surface area contributed by atoms with Crippen LogP contribution in [0.2, 0.25) is 0 Å². The minimum absolute atomic E-state index is 0.188. The van der Waals surface area contributed by atoms with Gasteiger partial charge >= 0.3 is 0 Å².